The minimum absolute atomic E-state index is 0.0794. The van der Waals surface area contributed by atoms with E-state index in [-0.39, 0.29) is 10.9 Å². The molecule has 2 atom stereocenters. The largest absolute Gasteiger partial charge is 0.449 e. The van der Waals surface area contributed by atoms with Crippen LogP contribution in [0.25, 0.3) is 6.08 Å². The third-order valence-electron chi connectivity index (χ3n) is 4.00. The molecule has 0 radical (unpaired) electrons. The van der Waals surface area contributed by atoms with E-state index in [9.17, 15) is 43.5 Å². The third kappa shape index (κ3) is 5.39. The maximum Gasteiger partial charge on any atom is 0.449 e. The van der Waals surface area contributed by atoms with E-state index < -0.39 is 53.0 Å². The number of sulfonamides is 1. The van der Waals surface area contributed by atoms with Crippen LogP contribution in [-0.2, 0) is 24.2 Å². The van der Waals surface area contributed by atoms with E-state index in [1.807, 2.05) is 0 Å². The number of hydrogen-bond donors (Lipinski definition) is 0. The number of rotatable bonds is 10. The van der Waals surface area contributed by atoms with Gasteiger partial charge in [-0.3, -0.25) is 0 Å². The highest BCUT2D eigenvalue weighted by atomic mass is 32.2. The Balaban J connectivity index is 2.39. The number of benzene rings is 1. The summed E-state index contributed by atoms with van der Waals surface area (Å²) in [5.74, 6) is 0. The Morgan fingerprint density at radius 3 is 2.28 bits per heavy atom. The highest BCUT2D eigenvalue weighted by molar-refractivity contribution is 7.90. The summed E-state index contributed by atoms with van der Waals surface area (Å²) in [6, 6.07) is 7.88. The van der Waals surface area contributed by atoms with Crippen LogP contribution in [0.4, 0.5) is 35.1 Å². The third-order valence-corrected chi connectivity index (χ3v) is 5.86. The lowest BCUT2D eigenvalue weighted by Gasteiger charge is -2.31. The predicted molar refractivity (Wildman–Crippen MR) is 93.3 cm³/mol. The van der Waals surface area contributed by atoms with Crippen molar-refractivity contribution in [1.82, 2.24) is 4.31 Å². The molecule has 15 heteroatoms. The summed E-state index contributed by atoms with van der Waals surface area (Å²) in [7, 11) is -6.51. The first-order valence-electron chi connectivity index (χ1n) is 8.79. The highest BCUT2D eigenvalue weighted by Gasteiger charge is 2.73. The fourth-order valence-electron chi connectivity index (χ4n) is 2.50. The van der Waals surface area contributed by atoms with E-state index in [1.165, 1.54) is 25.1 Å². The van der Waals surface area contributed by atoms with Crippen molar-refractivity contribution in [2.75, 3.05) is 13.2 Å². The van der Waals surface area contributed by atoms with Crippen LogP contribution in [0.3, 0.4) is 0 Å². The molecule has 0 amide bonds. The average Bonchev–Trinajstić information content (AvgIpc) is 3.10. The number of halogens is 8. The first kappa shape index (κ1) is 26.4. The molecular weight excluding hydrogens is 482 g/mol. The summed E-state index contributed by atoms with van der Waals surface area (Å²) in [4.78, 5) is 0. The second-order valence-electron chi connectivity index (χ2n) is 6.25. The molecule has 32 heavy (non-hydrogen) atoms. The molecule has 6 nitrogen and oxygen atoms in total. The first-order chi connectivity index (χ1) is 14.7. The second-order valence-corrected chi connectivity index (χ2v) is 8.19. The van der Waals surface area contributed by atoms with E-state index in [0.29, 0.717) is 5.56 Å². The number of nitrogens with zero attached hydrogens (tertiary/aromatic N) is 1. The molecule has 0 aromatic heterocycles. The number of alkyl halides is 8. The standard InChI is InChI=1S/C17H17F8NO5S/c1-2-29-13-10-26(12(30-13)9-8-11-6-4-3-5-7-11)32(27,28)17(24,25)16(22,23)31-15(20,21)14(18)19/h3-9,12-14H,2,10H2,1H3/b9-8+/t12-,13-/m1/s1. The molecule has 1 aromatic rings. The zero-order valence-electron chi connectivity index (χ0n) is 16.1. The molecule has 1 aliphatic rings. The summed E-state index contributed by atoms with van der Waals surface area (Å²) < 4.78 is 143. The Morgan fingerprint density at radius 2 is 1.75 bits per heavy atom. The summed E-state index contributed by atoms with van der Waals surface area (Å²) in [5.41, 5.74) is 0.449. The molecule has 1 saturated heterocycles. The molecule has 1 heterocycles. The zero-order valence-corrected chi connectivity index (χ0v) is 16.9. The molecule has 1 aliphatic heterocycles. The van der Waals surface area contributed by atoms with Crippen LogP contribution in [0.15, 0.2) is 36.4 Å². The van der Waals surface area contributed by atoms with Crippen molar-refractivity contribution in [1.29, 1.82) is 0 Å². The topological polar surface area (TPSA) is 65.1 Å². The predicted octanol–water partition coefficient (Wildman–Crippen LogP) is 4.11. The maximum atomic E-state index is 14.3. The van der Waals surface area contributed by atoms with Crippen molar-refractivity contribution in [2.24, 2.45) is 0 Å². The van der Waals surface area contributed by atoms with Gasteiger partial charge in [0.05, 0.1) is 6.54 Å². The second kappa shape index (κ2) is 9.59. The van der Waals surface area contributed by atoms with Gasteiger partial charge >= 0.3 is 23.9 Å². The fourth-order valence-corrected chi connectivity index (χ4v) is 3.85. The number of ether oxygens (including phenoxy) is 3. The van der Waals surface area contributed by atoms with E-state index in [2.05, 4.69) is 4.74 Å². The van der Waals surface area contributed by atoms with Crippen LogP contribution in [0.1, 0.15) is 12.5 Å². The summed E-state index contributed by atoms with van der Waals surface area (Å²) >= 11 is 0. The average molecular weight is 499 g/mol. The Kier molecular flexibility index (Phi) is 7.92. The Morgan fingerprint density at radius 1 is 1.16 bits per heavy atom. The van der Waals surface area contributed by atoms with Gasteiger partial charge in [-0.25, -0.2) is 21.9 Å². The molecule has 2 rings (SSSR count). The van der Waals surface area contributed by atoms with Gasteiger partial charge < -0.3 is 9.47 Å². The van der Waals surface area contributed by atoms with Crippen molar-refractivity contribution < 1.29 is 57.8 Å². The van der Waals surface area contributed by atoms with Crippen molar-refractivity contribution >= 4 is 16.1 Å². The van der Waals surface area contributed by atoms with Gasteiger partial charge in [-0.05, 0) is 18.6 Å². The fraction of sp³-hybridized carbons (Fsp3) is 0.529. The van der Waals surface area contributed by atoms with E-state index >= 15 is 0 Å². The minimum atomic E-state index is -6.52. The molecule has 182 valence electrons. The molecular formula is C17H17F8NO5S. The number of hydrogen-bond acceptors (Lipinski definition) is 5. The van der Waals surface area contributed by atoms with Crippen LogP contribution in [-0.4, -0.2) is 62.3 Å². The van der Waals surface area contributed by atoms with Crippen LogP contribution in [0.5, 0.6) is 0 Å². The quantitative estimate of drug-likeness (QED) is 0.454. The van der Waals surface area contributed by atoms with Gasteiger partial charge in [0.2, 0.25) is 0 Å². The van der Waals surface area contributed by atoms with Crippen molar-refractivity contribution in [2.45, 2.75) is 43.3 Å². The van der Waals surface area contributed by atoms with Gasteiger partial charge in [-0.1, -0.05) is 36.4 Å². The minimum Gasteiger partial charge on any atom is -0.351 e. The molecule has 1 fully saturated rings. The van der Waals surface area contributed by atoms with E-state index in [0.717, 1.165) is 6.08 Å². The molecule has 0 N–H and O–H groups in total. The van der Waals surface area contributed by atoms with E-state index in [1.54, 1.807) is 18.2 Å². The molecule has 1 aromatic carbocycles. The van der Waals surface area contributed by atoms with Gasteiger partial charge in [0.1, 0.15) is 6.23 Å². The highest BCUT2D eigenvalue weighted by Crippen LogP contribution is 2.46. The Labute approximate surface area is 177 Å². The van der Waals surface area contributed by atoms with Crippen LogP contribution in [0, 0.1) is 0 Å². The van der Waals surface area contributed by atoms with Gasteiger partial charge in [0.25, 0.3) is 10.0 Å². The molecule has 0 unspecified atom stereocenters. The summed E-state index contributed by atoms with van der Waals surface area (Å²) in [5, 5.41) is -6.37. The SMILES string of the molecule is CCO[C@H]1CN(S(=O)(=O)C(F)(F)C(F)(F)OC(F)(F)C(F)F)[C@@H](/C=C/c2ccccc2)O1. The molecule has 0 aliphatic carbocycles. The molecule has 0 saturated carbocycles. The maximum absolute atomic E-state index is 14.3. The van der Waals surface area contributed by atoms with Crippen molar-refractivity contribution in [3.63, 3.8) is 0 Å². The Bertz CT molecular complexity index is 897. The van der Waals surface area contributed by atoms with E-state index in [4.69, 9.17) is 9.47 Å². The lowest BCUT2D eigenvalue weighted by Crippen LogP contribution is -2.58. The van der Waals surface area contributed by atoms with Gasteiger partial charge in [-0.15, -0.1) is 0 Å². The van der Waals surface area contributed by atoms with Gasteiger partial charge in [-0.2, -0.15) is 30.6 Å². The molecule has 0 spiro atoms. The van der Waals surface area contributed by atoms with Crippen molar-refractivity contribution in [3.05, 3.63) is 42.0 Å². The van der Waals surface area contributed by atoms with Gasteiger partial charge in [0.15, 0.2) is 6.29 Å². The first-order valence-corrected chi connectivity index (χ1v) is 10.2. The van der Waals surface area contributed by atoms with Gasteiger partial charge in [0, 0.05) is 6.61 Å². The normalized spacial score (nSPS) is 21.7. The lowest BCUT2D eigenvalue weighted by atomic mass is 10.2. The molecule has 0 bridgehead atoms. The monoisotopic (exact) mass is 499 g/mol. The van der Waals surface area contributed by atoms with Crippen LogP contribution >= 0.6 is 0 Å². The summed E-state index contributed by atoms with van der Waals surface area (Å²) in [6.07, 6.45) is -18.7. The van der Waals surface area contributed by atoms with Crippen LogP contribution in [0.2, 0.25) is 0 Å². The zero-order chi connectivity index (χ0) is 24.4. The smallest absolute Gasteiger partial charge is 0.351 e. The summed E-state index contributed by atoms with van der Waals surface area (Å²) in [6.45, 7) is 0.346. The van der Waals surface area contributed by atoms with Crippen LogP contribution < -0.4 is 0 Å². The Hall–Kier alpha value is -1.81. The van der Waals surface area contributed by atoms with Crippen molar-refractivity contribution in [3.8, 4) is 0 Å². The lowest BCUT2D eigenvalue weighted by molar-refractivity contribution is -0.435.